The van der Waals surface area contributed by atoms with E-state index in [-0.39, 0.29) is 12.5 Å². The average molecular weight is 318 g/mol. The molecular weight excluding hydrogens is 292 g/mol. The van der Waals surface area contributed by atoms with Gasteiger partial charge in [-0.05, 0) is 31.9 Å². The van der Waals surface area contributed by atoms with Crippen LogP contribution in [-0.2, 0) is 4.79 Å². The summed E-state index contributed by atoms with van der Waals surface area (Å²) in [6.45, 7) is 5.83. The molecule has 1 fully saturated rings. The molecule has 1 aromatic rings. The minimum absolute atomic E-state index is 0.0974. The molecule has 0 spiro atoms. The second kappa shape index (κ2) is 9.71. The number of hydrogen-bond donors (Lipinski definition) is 2. The van der Waals surface area contributed by atoms with Crippen LogP contribution in [0.2, 0.25) is 0 Å². The summed E-state index contributed by atoms with van der Waals surface area (Å²) in [6, 6.07) is 9.69. The van der Waals surface area contributed by atoms with Crippen LogP contribution in [0.3, 0.4) is 0 Å². The summed E-state index contributed by atoms with van der Waals surface area (Å²) in [5, 5.41) is 6.32. The molecule has 1 saturated heterocycles. The van der Waals surface area contributed by atoms with Gasteiger partial charge in [-0.3, -0.25) is 4.79 Å². The lowest BCUT2D eigenvalue weighted by Crippen LogP contribution is -2.40. The Labute approximate surface area is 137 Å². The van der Waals surface area contributed by atoms with Crippen LogP contribution in [0.1, 0.15) is 19.8 Å². The van der Waals surface area contributed by atoms with Gasteiger partial charge in [-0.2, -0.15) is 0 Å². The van der Waals surface area contributed by atoms with Gasteiger partial charge in [-0.1, -0.05) is 18.2 Å². The van der Waals surface area contributed by atoms with Crippen LogP contribution in [0.4, 0.5) is 0 Å². The molecule has 0 unspecified atom stereocenters. The van der Waals surface area contributed by atoms with E-state index in [4.69, 9.17) is 4.74 Å². The normalized spacial score (nSPS) is 14.7. The molecule has 0 atom stereocenters. The molecule has 6 heteroatoms. The summed E-state index contributed by atoms with van der Waals surface area (Å²) in [5.41, 5.74) is 0. The monoisotopic (exact) mass is 318 g/mol. The maximum atomic E-state index is 12.0. The van der Waals surface area contributed by atoms with Gasteiger partial charge >= 0.3 is 0 Å². The molecular formula is C17H26N4O2. The number of carbonyl (C=O) groups is 1. The molecule has 2 N–H and O–H groups in total. The van der Waals surface area contributed by atoms with Gasteiger partial charge in [0, 0.05) is 19.6 Å². The molecule has 0 aliphatic carbocycles. The first-order chi connectivity index (χ1) is 11.3. The van der Waals surface area contributed by atoms with Crippen molar-refractivity contribution in [2.45, 2.75) is 19.8 Å². The van der Waals surface area contributed by atoms with Crippen molar-refractivity contribution < 1.29 is 9.53 Å². The Morgan fingerprint density at radius 2 is 1.96 bits per heavy atom. The predicted molar refractivity (Wildman–Crippen MR) is 91.7 cm³/mol. The summed E-state index contributed by atoms with van der Waals surface area (Å²) >= 11 is 0. The van der Waals surface area contributed by atoms with E-state index in [9.17, 15) is 4.79 Å². The van der Waals surface area contributed by atoms with Gasteiger partial charge in [-0.25, -0.2) is 4.99 Å². The van der Waals surface area contributed by atoms with Crippen molar-refractivity contribution >= 4 is 11.9 Å². The van der Waals surface area contributed by atoms with E-state index in [1.54, 1.807) is 0 Å². The van der Waals surface area contributed by atoms with Crippen LogP contribution < -0.4 is 15.4 Å². The molecule has 0 saturated carbocycles. The lowest BCUT2D eigenvalue weighted by atomic mass is 10.3. The molecule has 0 aromatic heterocycles. The zero-order valence-corrected chi connectivity index (χ0v) is 13.8. The molecule has 6 nitrogen and oxygen atoms in total. The van der Waals surface area contributed by atoms with Gasteiger partial charge in [0.1, 0.15) is 18.9 Å². The predicted octanol–water partition coefficient (Wildman–Crippen LogP) is 1.24. The molecule has 1 heterocycles. The van der Waals surface area contributed by atoms with Crippen molar-refractivity contribution in [3.8, 4) is 5.75 Å². The lowest BCUT2D eigenvalue weighted by molar-refractivity contribution is -0.128. The van der Waals surface area contributed by atoms with Crippen molar-refractivity contribution in [3.63, 3.8) is 0 Å². The van der Waals surface area contributed by atoms with Crippen LogP contribution in [0.25, 0.3) is 0 Å². The third kappa shape index (κ3) is 6.18. The zero-order chi connectivity index (χ0) is 16.3. The number of aliphatic imine (C=N–C) groups is 1. The summed E-state index contributed by atoms with van der Waals surface area (Å²) < 4.78 is 5.62. The smallest absolute Gasteiger partial charge is 0.244 e. The molecule has 1 aliphatic rings. The molecule has 0 radical (unpaired) electrons. The topological polar surface area (TPSA) is 66.0 Å². The van der Waals surface area contributed by atoms with E-state index < -0.39 is 0 Å². The van der Waals surface area contributed by atoms with Crippen molar-refractivity contribution in [1.82, 2.24) is 15.5 Å². The Morgan fingerprint density at radius 1 is 1.22 bits per heavy atom. The fourth-order valence-electron chi connectivity index (χ4n) is 2.41. The zero-order valence-electron chi connectivity index (χ0n) is 13.8. The lowest BCUT2D eigenvalue weighted by Gasteiger charge is -2.15. The van der Waals surface area contributed by atoms with Crippen molar-refractivity contribution in [2.75, 3.05) is 39.3 Å². The minimum atomic E-state index is 0.0974. The number of amides is 1. The van der Waals surface area contributed by atoms with E-state index in [2.05, 4.69) is 15.6 Å². The number of rotatable bonds is 7. The Bertz CT molecular complexity index is 499. The largest absolute Gasteiger partial charge is 0.492 e. The quantitative estimate of drug-likeness (QED) is 0.451. The van der Waals surface area contributed by atoms with Gasteiger partial charge in [0.25, 0.3) is 0 Å². The number of carbonyl (C=O) groups excluding carboxylic acids is 1. The fourth-order valence-corrected chi connectivity index (χ4v) is 2.41. The Balaban J connectivity index is 1.71. The summed E-state index contributed by atoms with van der Waals surface area (Å²) in [4.78, 5) is 18.2. The third-order valence-corrected chi connectivity index (χ3v) is 3.58. The molecule has 0 bridgehead atoms. The van der Waals surface area contributed by atoms with Gasteiger partial charge in [-0.15, -0.1) is 0 Å². The van der Waals surface area contributed by atoms with E-state index in [1.807, 2.05) is 42.2 Å². The highest BCUT2D eigenvalue weighted by atomic mass is 16.5. The van der Waals surface area contributed by atoms with Gasteiger partial charge in [0.2, 0.25) is 5.91 Å². The number of nitrogens with one attached hydrogen (secondary N) is 2. The maximum absolute atomic E-state index is 12.0. The number of nitrogens with zero attached hydrogens (tertiary/aromatic N) is 2. The molecule has 1 aromatic carbocycles. The highest BCUT2D eigenvalue weighted by Gasteiger charge is 2.17. The van der Waals surface area contributed by atoms with Crippen LogP contribution in [-0.4, -0.2) is 56.1 Å². The standard InChI is InChI=1S/C17H26N4O2/c1-2-18-17(20-14-16(22)21-11-6-7-12-21)19-10-13-23-15-8-4-3-5-9-15/h3-5,8-9H,2,6-7,10-14H2,1H3,(H2,18,19,20). The Kier molecular flexibility index (Phi) is 7.23. The number of likely N-dealkylation sites (tertiary alicyclic amines) is 1. The second-order valence-electron chi connectivity index (χ2n) is 5.37. The maximum Gasteiger partial charge on any atom is 0.244 e. The van der Waals surface area contributed by atoms with E-state index >= 15 is 0 Å². The summed E-state index contributed by atoms with van der Waals surface area (Å²) in [7, 11) is 0. The highest BCUT2D eigenvalue weighted by Crippen LogP contribution is 2.08. The average Bonchev–Trinajstić information content (AvgIpc) is 3.11. The fraction of sp³-hybridized carbons (Fsp3) is 0.529. The molecule has 23 heavy (non-hydrogen) atoms. The summed E-state index contributed by atoms with van der Waals surface area (Å²) in [6.07, 6.45) is 2.20. The number of para-hydroxylation sites is 1. The van der Waals surface area contributed by atoms with Crippen LogP contribution >= 0.6 is 0 Å². The van der Waals surface area contributed by atoms with Crippen molar-refractivity contribution in [1.29, 1.82) is 0 Å². The van der Waals surface area contributed by atoms with E-state index in [0.29, 0.717) is 19.1 Å². The van der Waals surface area contributed by atoms with Crippen molar-refractivity contribution in [2.24, 2.45) is 4.99 Å². The van der Waals surface area contributed by atoms with E-state index in [1.165, 1.54) is 0 Å². The number of benzene rings is 1. The van der Waals surface area contributed by atoms with Gasteiger partial charge in [0.15, 0.2) is 5.96 Å². The first kappa shape index (κ1) is 17.1. The summed E-state index contributed by atoms with van der Waals surface area (Å²) in [5.74, 6) is 1.59. The first-order valence-corrected chi connectivity index (χ1v) is 8.27. The Morgan fingerprint density at radius 3 is 2.65 bits per heavy atom. The first-order valence-electron chi connectivity index (χ1n) is 8.27. The SMILES string of the molecule is CCNC(=NCC(=O)N1CCCC1)NCCOc1ccccc1. The molecule has 1 amide bonds. The molecule has 1 aliphatic heterocycles. The number of ether oxygens (including phenoxy) is 1. The van der Waals surface area contributed by atoms with Crippen LogP contribution in [0.5, 0.6) is 5.75 Å². The molecule has 126 valence electrons. The van der Waals surface area contributed by atoms with Crippen molar-refractivity contribution in [3.05, 3.63) is 30.3 Å². The van der Waals surface area contributed by atoms with Crippen LogP contribution in [0, 0.1) is 0 Å². The van der Waals surface area contributed by atoms with E-state index in [0.717, 1.165) is 38.2 Å². The number of hydrogen-bond acceptors (Lipinski definition) is 3. The number of guanidine groups is 1. The minimum Gasteiger partial charge on any atom is -0.492 e. The highest BCUT2D eigenvalue weighted by molar-refractivity contribution is 5.85. The Hall–Kier alpha value is -2.24. The molecule has 2 rings (SSSR count). The van der Waals surface area contributed by atoms with Gasteiger partial charge in [0.05, 0.1) is 6.54 Å². The van der Waals surface area contributed by atoms with Gasteiger partial charge < -0.3 is 20.3 Å². The van der Waals surface area contributed by atoms with Crippen LogP contribution in [0.15, 0.2) is 35.3 Å². The second-order valence-corrected chi connectivity index (χ2v) is 5.37. The third-order valence-electron chi connectivity index (χ3n) is 3.58.